The Balaban J connectivity index is 1.18. The normalized spacial score (nSPS) is 36.6. The first kappa shape index (κ1) is 100. The first-order chi connectivity index (χ1) is 56.1. The Bertz CT molecular complexity index is 3440. The Labute approximate surface area is 683 Å². The van der Waals surface area contributed by atoms with Crippen molar-refractivity contribution >= 4 is 92.3 Å². The lowest BCUT2D eigenvalue weighted by atomic mass is 9.94. The molecule has 7 aliphatic rings. The van der Waals surface area contributed by atoms with Gasteiger partial charge in [0, 0.05) is 85.3 Å². The van der Waals surface area contributed by atoms with Gasteiger partial charge in [0.05, 0.1) is 50.7 Å². The average Bonchev–Trinajstić information content (AvgIpc) is 1.72. The van der Waals surface area contributed by atoms with Gasteiger partial charge in [-0.15, -0.1) is 17.3 Å². The third-order valence-electron chi connectivity index (χ3n) is 18.5. The third-order valence-corrected chi connectivity index (χ3v) is 21.5. The van der Waals surface area contributed by atoms with Crippen LogP contribution in [0, 0.1) is 0 Å². The zero-order valence-corrected chi connectivity index (χ0v) is 68.8. The molecule has 117 heavy (non-hydrogen) atoms. The first-order valence-corrected chi connectivity index (χ1v) is 40.3. The molecule has 6 saturated heterocycles. The number of carbonyl (C=O) groups excluding carboxylic acids is 2. The Morgan fingerprint density at radius 1 is 0.325 bits per heavy atom. The molecule has 0 radical (unpaired) electrons. The fraction of sp³-hybridized carbons (Fsp3) is 0.857. The van der Waals surface area contributed by atoms with E-state index < -0.39 is 259 Å². The second-order valence-corrected chi connectivity index (χ2v) is 29.8. The molecule has 2 amide bonds. The van der Waals surface area contributed by atoms with Crippen LogP contribution in [0.4, 0.5) is 0 Å². The highest BCUT2D eigenvalue weighted by Gasteiger charge is 2.62. The average molecular weight is 1850 g/mol. The van der Waals surface area contributed by atoms with Gasteiger partial charge in [-0.2, -0.15) is 25.3 Å². The van der Waals surface area contributed by atoms with Crippen LogP contribution in [0.3, 0.4) is 0 Å². The summed E-state index contributed by atoms with van der Waals surface area (Å²) in [5.41, 5.74) is -0.213. The van der Waals surface area contributed by atoms with Gasteiger partial charge in [0.25, 0.3) is 11.8 Å². The summed E-state index contributed by atoms with van der Waals surface area (Å²) in [6.07, 6.45) is -50.3. The second-order valence-electron chi connectivity index (χ2n) is 24.7. The van der Waals surface area contributed by atoms with Crippen LogP contribution < -0.4 is 0 Å². The van der Waals surface area contributed by atoms with Crippen LogP contribution in [0.15, 0.2) is 24.3 Å². The van der Waals surface area contributed by atoms with Crippen molar-refractivity contribution in [3.63, 3.8) is 0 Å². The van der Waals surface area contributed by atoms with E-state index in [2.05, 4.69) is 41.7 Å². The lowest BCUT2D eigenvalue weighted by Crippen LogP contribution is -2.69. The number of amides is 2. The fourth-order valence-electron chi connectivity index (χ4n) is 13.8. The minimum absolute atomic E-state index is 0.000894. The van der Waals surface area contributed by atoms with Gasteiger partial charge >= 0.3 is 31.2 Å². The molecular weight excluding hydrogens is 1760 g/mol. The molecule has 6 fully saturated rings. The van der Waals surface area contributed by atoms with Crippen LogP contribution >= 0.6 is 49.3 Å². The Morgan fingerprint density at radius 2 is 0.598 bits per heavy atom. The summed E-state index contributed by atoms with van der Waals surface area (Å²) >= 11 is -1.31. The van der Waals surface area contributed by atoms with Crippen molar-refractivity contribution in [1.82, 2.24) is 4.90 Å². The van der Waals surface area contributed by atoms with E-state index in [4.69, 9.17) is 150 Å². The molecule has 0 aromatic heterocycles. The smallest absolute Gasteiger partial charge is 0.382 e. The zero-order valence-electron chi connectivity index (χ0n) is 63.1. The Kier molecular flexibility index (Phi) is 41.5. The summed E-state index contributed by atoms with van der Waals surface area (Å²) < 4.78 is 304. The molecule has 678 valence electrons. The molecule has 7 N–H and O–H groups in total. The van der Waals surface area contributed by atoms with Crippen molar-refractivity contribution in [2.45, 2.75) is 184 Å². The summed E-state index contributed by atoms with van der Waals surface area (Å²) in [6.45, 7) is -4.39. The third kappa shape index (κ3) is 26.3. The maximum Gasteiger partial charge on any atom is 0.397 e. The first-order valence-electron chi connectivity index (χ1n) is 33.6. The standard InChI is InChI=1S/C56H89NO53S7/c1-73-18-26-32(38(77-5)43(80-8)51(84-12)88-26)95-53-46(83-11)40(79-7)34(28(90-53)20-75-3)96-54-45(82-10)39(78-6)33(27(89-54)19-74-2)94-52-44(81-9)37(76-4)31(25(87-52)17-57-49(58)23-15-13-14-16-24(23)50(57)59)93-56-48(102-117(70,71)72)41(99-112-108-104-61)35(29(91-56)21-85-115(64,65)66)97-55-47(101-114-110-106-63)42(100-113-109-105-62)36(98-111-107-103-60)30(92-55)22-86-116(67,68)69/h13-16,25-48,51-56,60-63H,17-22H2,1-12H3,(H,64,65,66)(H,67,68,69)(H,70,71,72)/t25?,26-,27?,28-,29?,30?,31+,32-,33+,34-,35-,36-,37+,38?,39+,40?,41?,42?,43?,44?,45?,46?,47?,48?,51+,52+,53-,54+,55-,56-/m1/s1. The minimum atomic E-state index is -6.01. The van der Waals surface area contributed by atoms with Crippen LogP contribution in [-0.4, -0.2) is 386 Å². The Hall–Kier alpha value is -2.19. The van der Waals surface area contributed by atoms with E-state index in [9.17, 15) is 53.8 Å². The van der Waals surface area contributed by atoms with Gasteiger partial charge in [-0.3, -0.25) is 44.9 Å². The SMILES string of the molecule is COCC1O[C@@H](O[C@H]2C(OC)C(OC)[C@@H](O[C@H]3C(OC)C(OC)[C@@H](OC)O[C@@H]3COC)O[C@@H]2COC)C(OC)[C@@H](OC)[C@H]1O[C@@H]1OC(CN2C(=O)c3ccccc3C2=O)[C@H](O[C@H]2OC(COS(=O)(=O)O)[C@@H](O[C@H]3OC(COS(=O)(=O)O)[C@@H](OSOOO)C(OSOOO)C3OSOOO)C(OSOOO)C2OS(=O)(=O)O)[C@H](OC)C1OC. The van der Waals surface area contributed by atoms with Crippen molar-refractivity contribution in [1.29, 1.82) is 0 Å². The Morgan fingerprint density at radius 3 is 0.923 bits per heavy atom. The minimum Gasteiger partial charge on any atom is -0.382 e. The molecule has 8 rings (SSSR count). The number of rotatable bonds is 51. The van der Waals surface area contributed by atoms with E-state index in [0.29, 0.717) is 4.90 Å². The summed E-state index contributed by atoms with van der Waals surface area (Å²) in [6, 6.07) is 5.58. The summed E-state index contributed by atoms with van der Waals surface area (Å²) in [5.74, 6) is -1.85. The van der Waals surface area contributed by atoms with Crippen LogP contribution in [0.25, 0.3) is 0 Å². The van der Waals surface area contributed by atoms with E-state index >= 15 is 0 Å². The second kappa shape index (κ2) is 48.5. The van der Waals surface area contributed by atoms with Gasteiger partial charge in [0.15, 0.2) is 99.2 Å². The maximum atomic E-state index is 14.5. The number of imide groups is 1. The molecule has 0 spiro atoms. The van der Waals surface area contributed by atoms with Crippen molar-refractivity contribution in [2.24, 2.45) is 0 Å². The van der Waals surface area contributed by atoms with Crippen LogP contribution in [0.2, 0.25) is 0 Å². The predicted octanol–water partition coefficient (Wildman–Crippen LogP) is -1.43. The summed E-state index contributed by atoms with van der Waals surface area (Å²) in [4.78, 5) is 29.7. The predicted molar refractivity (Wildman–Crippen MR) is 368 cm³/mol. The molecule has 0 aliphatic carbocycles. The molecule has 61 heteroatoms. The number of hydrogen-bond acceptors (Lipinski definition) is 54. The molecule has 54 nitrogen and oxygen atoms in total. The van der Waals surface area contributed by atoms with Crippen LogP contribution in [-0.2, 0) is 207 Å². The molecule has 30 atom stereocenters. The van der Waals surface area contributed by atoms with Crippen molar-refractivity contribution in [3.05, 3.63) is 35.4 Å². The molecule has 1 aromatic rings. The summed E-state index contributed by atoms with van der Waals surface area (Å²) in [5, 5.41) is 50.8. The van der Waals surface area contributed by atoms with Crippen molar-refractivity contribution in [3.8, 4) is 0 Å². The fourth-order valence-corrected chi connectivity index (χ4v) is 16.4. The highest BCUT2D eigenvalue weighted by Crippen LogP contribution is 2.44. The molecule has 0 bridgehead atoms. The number of fused-ring (bicyclic) bond motifs is 1. The van der Waals surface area contributed by atoms with E-state index in [1.807, 2.05) is 0 Å². The number of hydrogen-bond donors (Lipinski definition) is 7. The van der Waals surface area contributed by atoms with Crippen LogP contribution in [0.5, 0.6) is 0 Å². The number of benzene rings is 1. The largest absolute Gasteiger partial charge is 0.397 e. The number of ether oxygens (including phenoxy) is 23. The number of methoxy groups -OCH3 is 12. The molecule has 14 unspecified atom stereocenters. The van der Waals surface area contributed by atoms with Crippen molar-refractivity contribution in [2.75, 3.05) is 125 Å². The van der Waals surface area contributed by atoms with Gasteiger partial charge in [0.1, 0.15) is 134 Å². The number of nitrogens with zero attached hydrogens (tertiary/aromatic N) is 1. The molecule has 7 heterocycles. The monoisotopic (exact) mass is 1850 g/mol. The molecule has 0 saturated carbocycles. The quantitative estimate of drug-likeness (QED) is 0.00982. The van der Waals surface area contributed by atoms with E-state index in [1.54, 1.807) is 0 Å². The van der Waals surface area contributed by atoms with E-state index in [-0.39, 0.29) is 67.9 Å². The van der Waals surface area contributed by atoms with Gasteiger partial charge in [-0.25, -0.2) is 33.6 Å². The topological polar surface area (TPSA) is 632 Å². The lowest BCUT2D eigenvalue weighted by Gasteiger charge is -2.52. The maximum absolute atomic E-state index is 14.5. The van der Waals surface area contributed by atoms with Crippen LogP contribution in [0.1, 0.15) is 20.7 Å². The van der Waals surface area contributed by atoms with Gasteiger partial charge in [-0.1, -0.05) is 32.3 Å². The highest BCUT2D eigenvalue weighted by atomic mass is 32.3. The zero-order chi connectivity index (χ0) is 85.5. The van der Waals surface area contributed by atoms with E-state index in [0.717, 1.165) is 14.2 Å². The molecular formula is C56H89NO53S7. The van der Waals surface area contributed by atoms with Gasteiger partial charge in [-0.05, 0) is 12.1 Å². The highest BCUT2D eigenvalue weighted by molar-refractivity contribution is 7.90. The summed E-state index contributed by atoms with van der Waals surface area (Å²) in [7, 11) is -1.12. The number of carbonyl (C=O) groups is 2. The van der Waals surface area contributed by atoms with Gasteiger partial charge in [0.2, 0.25) is 0 Å². The lowest BCUT2D eigenvalue weighted by molar-refractivity contribution is -0.437. The van der Waals surface area contributed by atoms with Crippen molar-refractivity contribution < 1.29 is 245 Å². The molecule has 1 aromatic carbocycles. The van der Waals surface area contributed by atoms with Gasteiger partial charge < -0.3 is 109 Å². The van der Waals surface area contributed by atoms with E-state index in [1.165, 1.54) is 95.4 Å². The molecule has 7 aliphatic heterocycles.